The number of hydrogen-bond donors (Lipinski definition) is 1. The van der Waals surface area contributed by atoms with Crippen LogP contribution in [0, 0.1) is 35.7 Å². The van der Waals surface area contributed by atoms with E-state index in [1.807, 2.05) is 6.07 Å². The van der Waals surface area contributed by atoms with Crippen LogP contribution in [0.4, 0.5) is 23.8 Å². The standard InChI is InChI=1S/C26H23F3N6O4/c1-15-8-17(13-31-12-15)35-23(36)18(9-16-10-19(27)21(29)20(28)11-16)22(34(7-4-30)25(35)38)33-5-2-26(3-6-33)14-32-24(37)39-26/h8,10-13H,2-3,5-7,9,14H2,1H3,(H,32,37). The maximum Gasteiger partial charge on any atom is 0.407 e. The van der Waals surface area contributed by atoms with Gasteiger partial charge in [0.05, 0.1) is 30.1 Å². The third-order valence-corrected chi connectivity index (χ3v) is 7.02. The van der Waals surface area contributed by atoms with Crippen LogP contribution in [0.3, 0.4) is 0 Å². The third-order valence-electron chi connectivity index (χ3n) is 7.02. The highest BCUT2D eigenvalue weighted by atomic mass is 19.2. The van der Waals surface area contributed by atoms with Crippen LogP contribution < -0.4 is 21.5 Å². The van der Waals surface area contributed by atoms with Crippen LogP contribution in [0.5, 0.6) is 0 Å². The molecule has 0 atom stereocenters. The fraction of sp³-hybridized carbons (Fsp3) is 0.346. The number of pyridine rings is 1. The molecule has 1 aromatic carbocycles. The molecule has 0 aliphatic carbocycles. The molecule has 5 rings (SSSR count). The van der Waals surface area contributed by atoms with Gasteiger partial charge in [-0.1, -0.05) is 0 Å². The zero-order chi connectivity index (χ0) is 27.9. The number of nitrogens with one attached hydrogen (secondary N) is 1. The summed E-state index contributed by atoms with van der Waals surface area (Å²) in [5.74, 6) is -4.37. The van der Waals surface area contributed by atoms with E-state index in [0.29, 0.717) is 24.9 Å². The highest BCUT2D eigenvalue weighted by Gasteiger charge is 2.43. The Hall–Kier alpha value is -4.60. The Kier molecular flexibility index (Phi) is 6.63. The number of benzene rings is 1. The molecule has 2 aliphatic heterocycles. The second kappa shape index (κ2) is 9.94. The number of nitriles is 1. The van der Waals surface area contributed by atoms with Crippen molar-refractivity contribution in [2.75, 3.05) is 24.5 Å². The summed E-state index contributed by atoms with van der Waals surface area (Å²) in [7, 11) is 0. The zero-order valence-corrected chi connectivity index (χ0v) is 20.8. The lowest BCUT2D eigenvalue weighted by atomic mass is 9.91. The van der Waals surface area contributed by atoms with Gasteiger partial charge in [0.25, 0.3) is 5.56 Å². The van der Waals surface area contributed by atoms with E-state index in [9.17, 15) is 32.8 Å². The molecule has 3 aromatic rings. The molecule has 10 nitrogen and oxygen atoms in total. The van der Waals surface area contributed by atoms with E-state index in [0.717, 1.165) is 21.3 Å². The highest BCUT2D eigenvalue weighted by molar-refractivity contribution is 5.70. The van der Waals surface area contributed by atoms with Crippen LogP contribution in [0.2, 0.25) is 0 Å². The molecule has 13 heteroatoms. The van der Waals surface area contributed by atoms with Crippen molar-refractivity contribution in [2.45, 2.75) is 38.3 Å². The molecule has 202 valence electrons. The summed E-state index contributed by atoms with van der Waals surface area (Å²) in [6.45, 7) is 2.13. The summed E-state index contributed by atoms with van der Waals surface area (Å²) < 4.78 is 49.3. The fourth-order valence-electron chi connectivity index (χ4n) is 5.13. The van der Waals surface area contributed by atoms with Crippen LogP contribution in [-0.2, 0) is 17.7 Å². The van der Waals surface area contributed by atoms with E-state index in [1.54, 1.807) is 17.9 Å². The number of piperidine rings is 1. The third kappa shape index (κ3) is 4.73. The summed E-state index contributed by atoms with van der Waals surface area (Å²) in [6, 6.07) is 5.08. The maximum atomic E-state index is 14.1. The number of carbonyl (C=O) groups is 1. The van der Waals surface area contributed by atoms with E-state index < -0.39 is 46.9 Å². The number of ether oxygens (including phenoxy) is 1. The molecule has 0 radical (unpaired) electrons. The molecule has 0 unspecified atom stereocenters. The number of anilines is 1. The zero-order valence-electron chi connectivity index (χ0n) is 20.8. The van der Waals surface area contributed by atoms with Crippen LogP contribution in [0.1, 0.15) is 29.5 Å². The number of hydrogen-bond acceptors (Lipinski definition) is 7. The first-order valence-corrected chi connectivity index (χ1v) is 12.2. The van der Waals surface area contributed by atoms with Gasteiger partial charge in [0.2, 0.25) is 0 Å². The van der Waals surface area contributed by atoms with E-state index in [1.165, 1.54) is 12.4 Å². The molecular formula is C26H23F3N6O4. The molecule has 1 spiro atoms. The maximum absolute atomic E-state index is 14.1. The number of carbonyl (C=O) groups excluding carboxylic acids is 1. The predicted molar refractivity (Wildman–Crippen MR) is 132 cm³/mol. The minimum absolute atomic E-state index is 0.0192. The number of halogens is 3. The molecule has 2 aromatic heterocycles. The van der Waals surface area contributed by atoms with Crippen molar-refractivity contribution in [1.29, 1.82) is 5.26 Å². The van der Waals surface area contributed by atoms with E-state index in [4.69, 9.17) is 4.74 Å². The monoisotopic (exact) mass is 540 g/mol. The molecule has 4 heterocycles. The Morgan fingerprint density at radius 3 is 2.38 bits per heavy atom. The number of aromatic nitrogens is 3. The SMILES string of the molecule is Cc1cncc(-n2c(=O)c(Cc3cc(F)c(F)c(F)c3)c(N3CCC4(CC3)CNC(=O)O4)n(CC#N)c2=O)c1. The molecule has 1 amide bonds. The van der Waals surface area contributed by atoms with Gasteiger partial charge >= 0.3 is 11.8 Å². The summed E-state index contributed by atoms with van der Waals surface area (Å²) in [4.78, 5) is 45.0. The quantitative estimate of drug-likeness (QED) is 0.493. The van der Waals surface area contributed by atoms with Gasteiger partial charge in [0.15, 0.2) is 17.5 Å². The van der Waals surface area contributed by atoms with Gasteiger partial charge in [-0.25, -0.2) is 27.3 Å². The molecule has 2 fully saturated rings. The van der Waals surface area contributed by atoms with Gasteiger partial charge in [-0.3, -0.25) is 14.3 Å². The van der Waals surface area contributed by atoms with Crippen molar-refractivity contribution in [3.05, 3.63) is 85.6 Å². The summed E-state index contributed by atoms with van der Waals surface area (Å²) >= 11 is 0. The van der Waals surface area contributed by atoms with Gasteiger partial charge in [0, 0.05) is 38.5 Å². The Morgan fingerprint density at radius 2 is 1.79 bits per heavy atom. The largest absolute Gasteiger partial charge is 0.441 e. The lowest BCUT2D eigenvalue weighted by Crippen LogP contribution is -2.50. The minimum atomic E-state index is -1.64. The molecule has 2 saturated heterocycles. The molecule has 39 heavy (non-hydrogen) atoms. The van der Waals surface area contributed by atoms with E-state index >= 15 is 0 Å². The van der Waals surface area contributed by atoms with Gasteiger partial charge in [-0.2, -0.15) is 5.26 Å². The fourth-order valence-corrected chi connectivity index (χ4v) is 5.13. The number of amides is 1. The van der Waals surface area contributed by atoms with Crippen LogP contribution in [0.25, 0.3) is 5.69 Å². The topological polar surface area (TPSA) is 122 Å². The van der Waals surface area contributed by atoms with Crippen molar-refractivity contribution in [1.82, 2.24) is 19.4 Å². The lowest BCUT2D eigenvalue weighted by Gasteiger charge is -2.39. The van der Waals surface area contributed by atoms with Crippen molar-refractivity contribution in [3.8, 4) is 11.8 Å². The lowest BCUT2D eigenvalue weighted by molar-refractivity contribution is 0.0364. The van der Waals surface area contributed by atoms with E-state index in [2.05, 4.69) is 10.3 Å². The smallest absolute Gasteiger partial charge is 0.407 e. The summed E-state index contributed by atoms with van der Waals surface area (Å²) in [5.41, 5.74) is -1.53. The second-order valence-corrected chi connectivity index (χ2v) is 9.65. The molecule has 0 bridgehead atoms. The van der Waals surface area contributed by atoms with Gasteiger partial charge in [-0.15, -0.1) is 0 Å². The van der Waals surface area contributed by atoms with Crippen LogP contribution in [-0.4, -0.2) is 45.4 Å². The first kappa shape index (κ1) is 26.0. The van der Waals surface area contributed by atoms with Crippen LogP contribution >= 0.6 is 0 Å². The van der Waals surface area contributed by atoms with Crippen LogP contribution in [0.15, 0.2) is 40.2 Å². The molecular weight excluding hydrogens is 517 g/mol. The first-order valence-electron chi connectivity index (χ1n) is 12.2. The van der Waals surface area contributed by atoms with Crippen molar-refractivity contribution >= 4 is 11.9 Å². The minimum Gasteiger partial charge on any atom is -0.441 e. The van der Waals surface area contributed by atoms with Gasteiger partial charge in [0.1, 0.15) is 18.0 Å². The van der Waals surface area contributed by atoms with Gasteiger partial charge in [-0.05, 0) is 36.2 Å². The summed E-state index contributed by atoms with van der Waals surface area (Å²) in [6.07, 6.45) is 2.72. The molecule has 0 saturated carbocycles. The number of nitrogens with zero attached hydrogens (tertiary/aromatic N) is 5. The summed E-state index contributed by atoms with van der Waals surface area (Å²) in [5, 5.41) is 12.2. The van der Waals surface area contributed by atoms with Crippen molar-refractivity contribution in [3.63, 3.8) is 0 Å². The molecule has 2 aliphatic rings. The second-order valence-electron chi connectivity index (χ2n) is 9.65. The Morgan fingerprint density at radius 1 is 1.10 bits per heavy atom. The Labute approximate surface area is 219 Å². The Balaban J connectivity index is 1.70. The van der Waals surface area contributed by atoms with Gasteiger partial charge < -0.3 is 15.0 Å². The first-order chi connectivity index (χ1) is 18.6. The normalized spacial score (nSPS) is 16.2. The van der Waals surface area contributed by atoms with Crippen molar-refractivity contribution in [2.24, 2.45) is 0 Å². The highest BCUT2D eigenvalue weighted by Crippen LogP contribution is 2.33. The Bertz CT molecular complexity index is 1610. The van der Waals surface area contributed by atoms with E-state index in [-0.39, 0.29) is 42.1 Å². The predicted octanol–water partition coefficient (Wildman–Crippen LogP) is 2.31. The number of rotatable bonds is 5. The number of alkyl carbamates (subject to hydrolysis) is 1. The van der Waals surface area contributed by atoms with Crippen molar-refractivity contribution < 1.29 is 22.7 Å². The molecule has 1 N–H and O–H groups in total. The average molecular weight is 541 g/mol. The average Bonchev–Trinajstić information content (AvgIpc) is 3.26. The number of aryl methyl sites for hydroxylation is 1.